The van der Waals surface area contributed by atoms with Gasteiger partial charge in [0, 0.05) is 37.3 Å². The zero-order valence-corrected chi connectivity index (χ0v) is 39.5. The van der Waals surface area contributed by atoms with Crippen LogP contribution in [-0.4, -0.2) is 95.3 Å². The van der Waals surface area contributed by atoms with Gasteiger partial charge in [-0.15, -0.1) is 0 Å². The van der Waals surface area contributed by atoms with Gasteiger partial charge in [-0.25, -0.2) is 4.79 Å². The zero-order valence-electron chi connectivity index (χ0n) is 39.5. The number of nitrogens with one attached hydrogen (secondary N) is 2. The van der Waals surface area contributed by atoms with Gasteiger partial charge in [-0.2, -0.15) is 9.48 Å². The molecule has 3 aliphatic heterocycles. The maximum atomic E-state index is 13.6. The third-order valence-corrected chi connectivity index (χ3v) is 12.9. The van der Waals surface area contributed by atoms with Gasteiger partial charge in [0.2, 0.25) is 25.1 Å². The number of carbonyl (C=O) groups excluding carboxylic acids is 3. The molecule has 4 unspecified atom stereocenters. The van der Waals surface area contributed by atoms with Crippen LogP contribution in [0, 0.1) is 28.2 Å². The van der Waals surface area contributed by atoms with Crippen molar-refractivity contribution < 1.29 is 57.0 Å². The Balaban J connectivity index is 0.791. The topological polar surface area (TPSA) is 228 Å². The fourth-order valence-corrected chi connectivity index (χ4v) is 9.37. The highest BCUT2D eigenvalue weighted by Gasteiger charge is 2.35. The van der Waals surface area contributed by atoms with E-state index >= 15 is 0 Å². The van der Waals surface area contributed by atoms with Gasteiger partial charge >= 0.3 is 6.09 Å². The highest BCUT2D eigenvalue weighted by atomic mass is 16.7. The summed E-state index contributed by atoms with van der Waals surface area (Å²) in [4.78, 5) is 36.9. The Morgan fingerprint density at radius 2 is 1.30 bits per heavy atom. The molecule has 19 nitrogen and oxygen atoms in total. The number of nitrogens with two attached hydrogens (primary N) is 1. The van der Waals surface area contributed by atoms with Crippen LogP contribution in [0.4, 0.5) is 10.5 Å². The minimum absolute atomic E-state index is 0.0879. The third kappa shape index (κ3) is 9.63. The molecule has 4 aromatic rings. The molecule has 2 aliphatic carbocycles. The molecule has 5 aliphatic rings. The fourth-order valence-electron chi connectivity index (χ4n) is 9.37. The Bertz CT molecular complexity index is 2900. The van der Waals surface area contributed by atoms with E-state index in [0.717, 1.165) is 37.5 Å². The van der Waals surface area contributed by atoms with Crippen LogP contribution in [0.15, 0.2) is 90.6 Å². The van der Waals surface area contributed by atoms with Crippen molar-refractivity contribution >= 4 is 47.2 Å². The number of allylic oxidation sites excluding steroid dienone is 8. The predicted octanol–water partition coefficient (Wildman–Crippen LogP) is 6.31. The van der Waals surface area contributed by atoms with Crippen LogP contribution >= 0.6 is 0 Å². The number of benzene rings is 2. The summed E-state index contributed by atoms with van der Waals surface area (Å²) in [7, 11) is 3.10. The van der Waals surface area contributed by atoms with E-state index in [4.69, 9.17) is 38.9 Å². The minimum atomic E-state index is -1.13. The van der Waals surface area contributed by atoms with Crippen molar-refractivity contribution in [1.82, 2.24) is 14.5 Å². The quantitative estimate of drug-likeness (QED) is 0.0638. The summed E-state index contributed by atoms with van der Waals surface area (Å²) >= 11 is 0. The lowest BCUT2D eigenvalue weighted by atomic mass is 9.87. The van der Waals surface area contributed by atoms with E-state index in [1.165, 1.54) is 13.1 Å². The predicted molar refractivity (Wildman–Crippen MR) is 258 cm³/mol. The summed E-state index contributed by atoms with van der Waals surface area (Å²) in [6, 6.07) is 12.3. The number of primary amides is 1. The number of rotatable bonds is 16. The molecular formula is C51H55N7O12. The first-order valence-electron chi connectivity index (χ1n) is 23.1. The minimum Gasteiger partial charge on any atom is -0.618 e. The molecule has 5 heterocycles. The van der Waals surface area contributed by atoms with Crippen molar-refractivity contribution in [2.24, 2.45) is 23.5 Å². The van der Waals surface area contributed by atoms with E-state index in [2.05, 4.69) is 10.6 Å². The second-order valence-electron chi connectivity index (χ2n) is 17.9. The SMILES string of the molecule is COc1c(OCCCOc2cn3c(c2OC)C=[N+]([O-])C2=CC=C(c4ccc5c(c4)OCO5)CC2C3)cn2c1C=[N+]([O-])C1=CC=C(c3ccc(NC(=O)C(C)NC(=O)C(OC(N)=O)C(C)C)cc3)CC1C2. The summed E-state index contributed by atoms with van der Waals surface area (Å²) in [5.74, 6) is 1.67. The van der Waals surface area contributed by atoms with E-state index in [0.29, 0.717) is 103 Å². The molecule has 0 saturated carbocycles. The van der Waals surface area contributed by atoms with Crippen LogP contribution in [0.25, 0.3) is 11.1 Å². The van der Waals surface area contributed by atoms with Crippen LogP contribution in [0.1, 0.15) is 62.5 Å². The number of methoxy groups -OCH3 is 2. The first kappa shape index (κ1) is 47.0. The molecule has 4 atom stereocenters. The summed E-state index contributed by atoms with van der Waals surface area (Å²) in [5.41, 5.74) is 12.2. The van der Waals surface area contributed by atoms with E-state index < -0.39 is 30.1 Å². The Kier molecular flexibility index (Phi) is 13.3. The number of hydrogen-bond donors (Lipinski definition) is 3. The van der Waals surface area contributed by atoms with Crippen molar-refractivity contribution in [3.8, 4) is 34.5 Å². The van der Waals surface area contributed by atoms with Gasteiger partial charge in [-0.05, 0) is 72.2 Å². The third-order valence-electron chi connectivity index (χ3n) is 12.9. The molecule has 9 rings (SSSR count). The highest BCUT2D eigenvalue weighted by Crippen LogP contribution is 2.42. The lowest BCUT2D eigenvalue weighted by Crippen LogP contribution is -2.49. The second-order valence-corrected chi connectivity index (χ2v) is 17.9. The Labute approximate surface area is 403 Å². The van der Waals surface area contributed by atoms with Crippen LogP contribution in [-0.2, 0) is 27.4 Å². The molecule has 70 heavy (non-hydrogen) atoms. The standard InChI is InChI=1S/C51H55N7O12/c1-29(2)46(70-51(52)61)50(60)53-30(3)49(59)54-37-12-7-31(8-13-37)32-9-14-38-35(19-32)22-55-26-44(47(64-4)40(55)24-57(38)62)66-17-6-18-67-45-27-56-23-36-20-33(34-11-16-42-43(21-34)69-28-68-42)10-15-39(36)58(63)25-41(56)48(45)65-5/h7-16,21,24-27,29-30,35-36,46H,6,17-20,22-23,28H2,1-5H3,(H2,52,61)(H,53,60)(H,54,59). The summed E-state index contributed by atoms with van der Waals surface area (Å²) < 4.78 is 45.9. The summed E-state index contributed by atoms with van der Waals surface area (Å²) in [6.45, 7) is 6.75. The van der Waals surface area contributed by atoms with Crippen molar-refractivity contribution in [1.29, 1.82) is 0 Å². The Morgan fingerprint density at radius 3 is 1.84 bits per heavy atom. The molecule has 0 saturated heterocycles. The van der Waals surface area contributed by atoms with Crippen LogP contribution in [0.2, 0.25) is 0 Å². The molecule has 2 aromatic heterocycles. The molecule has 0 radical (unpaired) electrons. The highest BCUT2D eigenvalue weighted by molar-refractivity contribution is 5.98. The van der Waals surface area contributed by atoms with Gasteiger partial charge < -0.3 is 69.1 Å². The molecule has 366 valence electrons. The van der Waals surface area contributed by atoms with Gasteiger partial charge in [-0.1, -0.05) is 44.2 Å². The normalized spacial score (nSPS) is 18.5. The zero-order chi connectivity index (χ0) is 49.2. The van der Waals surface area contributed by atoms with Crippen molar-refractivity contribution in [2.45, 2.75) is 65.3 Å². The lowest BCUT2D eigenvalue weighted by Gasteiger charge is -2.22. The van der Waals surface area contributed by atoms with Crippen LogP contribution in [0.3, 0.4) is 0 Å². The van der Waals surface area contributed by atoms with Crippen molar-refractivity contribution in [3.63, 3.8) is 0 Å². The van der Waals surface area contributed by atoms with Gasteiger partial charge in [0.05, 0.1) is 51.7 Å². The lowest BCUT2D eigenvalue weighted by molar-refractivity contribution is -0.404. The fraction of sp³-hybridized carbons (Fsp3) is 0.353. The first-order valence-corrected chi connectivity index (χ1v) is 23.1. The second kappa shape index (κ2) is 19.9. The number of anilines is 1. The first-order chi connectivity index (χ1) is 33.8. The van der Waals surface area contributed by atoms with E-state index in [1.54, 1.807) is 46.4 Å². The molecule has 0 bridgehead atoms. The monoisotopic (exact) mass is 957 g/mol. The number of aromatic nitrogens is 2. The largest absolute Gasteiger partial charge is 0.618 e. The van der Waals surface area contributed by atoms with Gasteiger partial charge in [0.25, 0.3) is 5.91 Å². The number of hydroxylamine groups is 2. The molecule has 0 fully saturated rings. The van der Waals surface area contributed by atoms with E-state index in [9.17, 15) is 24.8 Å². The van der Waals surface area contributed by atoms with Gasteiger partial charge in [0.1, 0.15) is 6.04 Å². The van der Waals surface area contributed by atoms with Crippen molar-refractivity contribution in [3.05, 3.63) is 123 Å². The number of amides is 3. The van der Waals surface area contributed by atoms with Crippen LogP contribution < -0.4 is 44.8 Å². The summed E-state index contributed by atoms with van der Waals surface area (Å²) in [5, 5.41) is 32.4. The van der Waals surface area contributed by atoms with Crippen LogP contribution in [0.5, 0.6) is 34.5 Å². The number of nitrogens with zero attached hydrogens (tertiary/aromatic N) is 4. The van der Waals surface area contributed by atoms with E-state index in [1.807, 2.05) is 76.2 Å². The number of ether oxygens (including phenoxy) is 7. The average molecular weight is 958 g/mol. The molecule has 2 aromatic carbocycles. The Morgan fingerprint density at radius 1 is 0.757 bits per heavy atom. The number of hydrogen-bond acceptors (Lipinski definition) is 12. The summed E-state index contributed by atoms with van der Waals surface area (Å²) in [6.07, 6.45) is 14.0. The maximum absolute atomic E-state index is 13.6. The average Bonchev–Trinajstić information content (AvgIpc) is 3.99. The number of carbonyl (C=O) groups is 3. The van der Waals surface area contributed by atoms with Gasteiger partial charge in [0.15, 0.2) is 63.4 Å². The van der Waals surface area contributed by atoms with Crippen molar-refractivity contribution in [2.75, 3.05) is 39.5 Å². The molecule has 3 amide bonds. The molecule has 0 spiro atoms. The molecule has 4 N–H and O–H groups in total. The van der Waals surface area contributed by atoms with Gasteiger partial charge in [-0.3, -0.25) is 9.59 Å². The molecule has 19 heteroatoms. The smallest absolute Gasteiger partial charge is 0.405 e. The maximum Gasteiger partial charge on any atom is 0.405 e. The van der Waals surface area contributed by atoms with E-state index in [-0.39, 0.29) is 24.5 Å². The Hall–Kier alpha value is -8.09. The number of fused-ring (bicyclic) bond motifs is 5. The molecular weight excluding hydrogens is 903 g/mol.